The summed E-state index contributed by atoms with van der Waals surface area (Å²) < 4.78 is 16.8. The minimum atomic E-state index is -0.798. The van der Waals surface area contributed by atoms with Gasteiger partial charge in [0.05, 0.1) is 0 Å². The number of hydrogen-bond donors (Lipinski definition) is 0. The van der Waals surface area contributed by atoms with Gasteiger partial charge in [-0.1, -0.05) is 235 Å². The van der Waals surface area contributed by atoms with E-state index in [-0.39, 0.29) is 37.5 Å². The number of allylic oxidation sites excluding steroid dienone is 12. The smallest absolute Gasteiger partial charge is 0.306 e. The van der Waals surface area contributed by atoms with Gasteiger partial charge < -0.3 is 14.2 Å². The average Bonchev–Trinajstić information content (AvgIpc) is 3.30. The number of rotatable bonds is 49. The molecule has 65 heavy (non-hydrogen) atoms. The maximum Gasteiger partial charge on any atom is 0.306 e. The third-order valence-corrected chi connectivity index (χ3v) is 11.7. The zero-order valence-corrected chi connectivity index (χ0v) is 42.7. The van der Waals surface area contributed by atoms with Crippen LogP contribution in [0.4, 0.5) is 0 Å². The van der Waals surface area contributed by atoms with Crippen LogP contribution in [0.1, 0.15) is 265 Å². The highest BCUT2D eigenvalue weighted by molar-refractivity contribution is 5.71. The van der Waals surface area contributed by atoms with E-state index in [2.05, 4.69) is 93.7 Å². The van der Waals surface area contributed by atoms with Crippen LogP contribution >= 0.6 is 0 Å². The van der Waals surface area contributed by atoms with E-state index in [0.29, 0.717) is 19.3 Å². The molecule has 6 heteroatoms. The van der Waals surface area contributed by atoms with Gasteiger partial charge in [0, 0.05) is 19.3 Å². The number of ether oxygens (including phenoxy) is 3. The predicted molar refractivity (Wildman–Crippen MR) is 279 cm³/mol. The van der Waals surface area contributed by atoms with Gasteiger partial charge in [0.2, 0.25) is 0 Å². The highest BCUT2D eigenvalue weighted by atomic mass is 16.6. The van der Waals surface area contributed by atoms with Crippen LogP contribution in [-0.2, 0) is 28.6 Å². The van der Waals surface area contributed by atoms with Crippen molar-refractivity contribution >= 4 is 17.9 Å². The molecule has 0 rings (SSSR count). The fourth-order valence-corrected chi connectivity index (χ4v) is 7.59. The summed E-state index contributed by atoms with van der Waals surface area (Å²) in [5, 5.41) is 0. The Bertz CT molecular complexity index is 1230. The Morgan fingerprint density at radius 1 is 0.323 bits per heavy atom. The van der Waals surface area contributed by atoms with E-state index in [4.69, 9.17) is 14.2 Å². The summed E-state index contributed by atoms with van der Waals surface area (Å²) in [5.41, 5.74) is 0. The molecule has 0 aromatic heterocycles. The van der Waals surface area contributed by atoms with Crippen LogP contribution < -0.4 is 0 Å². The molecule has 0 amide bonds. The molecule has 1 atom stereocenters. The minimum absolute atomic E-state index is 0.0927. The fourth-order valence-electron chi connectivity index (χ4n) is 7.59. The second kappa shape index (κ2) is 53.5. The molecule has 0 aliphatic carbocycles. The van der Waals surface area contributed by atoms with Crippen LogP contribution in [0, 0.1) is 0 Å². The molecule has 0 saturated carbocycles. The van der Waals surface area contributed by atoms with E-state index in [1.54, 1.807) is 0 Å². The van der Waals surface area contributed by atoms with Gasteiger partial charge >= 0.3 is 17.9 Å². The Labute approximate surface area is 402 Å². The molecule has 0 aromatic carbocycles. The van der Waals surface area contributed by atoms with Crippen molar-refractivity contribution in [3.8, 4) is 0 Å². The highest BCUT2D eigenvalue weighted by Crippen LogP contribution is 2.15. The number of esters is 3. The van der Waals surface area contributed by atoms with Crippen molar-refractivity contribution in [3.63, 3.8) is 0 Å². The molecule has 0 radical (unpaired) electrons. The quantitative estimate of drug-likeness (QED) is 0.0262. The molecule has 0 spiro atoms. The molecule has 0 N–H and O–H groups in total. The first kappa shape index (κ1) is 61.9. The topological polar surface area (TPSA) is 78.9 Å². The van der Waals surface area contributed by atoms with Crippen molar-refractivity contribution in [1.29, 1.82) is 0 Å². The lowest BCUT2D eigenvalue weighted by molar-refractivity contribution is -0.167. The van der Waals surface area contributed by atoms with Gasteiger partial charge in [-0.05, 0) is 83.5 Å². The molecule has 0 bridgehead atoms. The van der Waals surface area contributed by atoms with Gasteiger partial charge in [-0.3, -0.25) is 14.4 Å². The molecule has 6 nitrogen and oxygen atoms in total. The van der Waals surface area contributed by atoms with E-state index < -0.39 is 6.10 Å². The maximum atomic E-state index is 12.8. The Hall–Kier alpha value is -3.15. The molecule has 0 aliphatic rings. The molecule has 0 saturated heterocycles. The summed E-state index contributed by atoms with van der Waals surface area (Å²) in [7, 11) is 0. The van der Waals surface area contributed by atoms with Crippen LogP contribution in [0.2, 0.25) is 0 Å². The number of carbonyl (C=O) groups excluding carboxylic acids is 3. The van der Waals surface area contributed by atoms with Gasteiger partial charge in [-0.2, -0.15) is 0 Å². The molecule has 0 unspecified atom stereocenters. The van der Waals surface area contributed by atoms with Gasteiger partial charge in [-0.15, -0.1) is 0 Å². The normalized spacial score (nSPS) is 12.6. The van der Waals surface area contributed by atoms with E-state index in [1.165, 1.54) is 141 Å². The Morgan fingerprint density at radius 2 is 0.615 bits per heavy atom. The zero-order chi connectivity index (χ0) is 47.2. The first-order chi connectivity index (χ1) is 32.0. The monoisotopic (exact) mass is 907 g/mol. The summed E-state index contributed by atoms with van der Waals surface area (Å²) in [6.45, 7) is 6.48. The standard InChI is InChI=1S/C59H102O6/c1-4-7-10-13-16-19-22-25-27-29-31-34-37-40-43-46-49-52-58(61)64-55-56(54-63-57(60)51-48-45-42-39-36-33-24-21-18-15-12-9-6-3)65-59(62)53-50-47-44-41-38-35-32-30-28-26-23-20-17-14-11-8-5-2/h7,10,16,19,25-28,31,34,40,43,56H,4-6,8-9,11-15,17-18,20-24,29-30,32-33,35-39,41-42,44-55H2,1-3H3/b10-7-,19-16-,27-25-,28-26-,34-31-,43-40-/t56-/m0/s1. The van der Waals surface area contributed by atoms with Crippen molar-refractivity contribution < 1.29 is 28.6 Å². The van der Waals surface area contributed by atoms with Crippen molar-refractivity contribution in [3.05, 3.63) is 72.9 Å². The largest absolute Gasteiger partial charge is 0.462 e. The molecule has 0 heterocycles. The number of unbranched alkanes of at least 4 members (excludes halogenated alkanes) is 26. The third-order valence-electron chi connectivity index (χ3n) is 11.7. The second-order valence-electron chi connectivity index (χ2n) is 18.1. The van der Waals surface area contributed by atoms with Crippen LogP contribution in [0.25, 0.3) is 0 Å². The summed E-state index contributed by atoms with van der Waals surface area (Å²) >= 11 is 0. The van der Waals surface area contributed by atoms with Gasteiger partial charge in [0.1, 0.15) is 13.2 Å². The average molecular weight is 907 g/mol. The first-order valence-electron chi connectivity index (χ1n) is 27.4. The molecule has 0 aromatic rings. The summed E-state index contributed by atoms with van der Waals surface area (Å²) in [6.07, 6.45) is 67.5. The number of hydrogen-bond acceptors (Lipinski definition) is 6. The molecular weight excluding hydrogens is 805 g/mol. The van der Waals surface area contributed by atoms with Gasteiger partial charge in [-0.25, -0.2) is 0 Å². The van der Waals surface area contributed by atoms with E-state index in [1.807, 2.05) is 0 Å². The molecule has 0 fully saturated rings. The summed E-state index contributed by atoms with van der Waals surface area (Å²) in [4.78, 5) is 38.0. The third kappa shape index (κ3) is 51.7. The van der Waals surface area contributed by atoms with E-state index in [0.717, 1.165) is 77.0 Å². The molecule has 374 valence electrons. The van der Waals surface area contributed by atoms with Crippen molar-refractivity contribution in [2.45, 2.75) is 271 Å². The lowest BCUT2D eigenvalue weighted by atomic mass is 10.0. The predicted octanol–water partition coefficient (Wildman–Crippen LogP) is 18.2. The SMILES string of the molecule is CC/C=C\C/C=C\C/C=C\C/C=C\C/C=C\CCCC(=O)OC[C@H](COC(=O)CCCCCCCCCCCCCCC)OC(=O)CCCCCCCCC/C=C\CCCCCCCC. The lowest BCUT2D eigenvalue weighted by Crippen LogP contribution is -2.30. The Balaban J connectivity index is 4.46. The first-order valence-corrected chi connectivity index (χ1v) is 27.4. The molecule has 0 aliphatic heterocycles. The number of carbonyl (C=O) groups is 3. The lowest BCUT2D eigenvalue weighted by Gasteiger charge is -2.18. The van der Waals surface area contributed by atoms with Crippen molar-refractivity contribution in [2.24, 2.45) is 0 Å². The van der Waals surface area contributed by atoms with Crippen molar-refractivity contribution in [2.75, 3.05) is 13.2 Å². The van der Waals surface area contributed by atoms with Gasteiger partial charge in [0.25, 0.3) is 0 Å². The van der Waals surface area contributed by atoms with E-state index >= 15 is 0 Å². The van der Waals surface area contributed by atoms with E-state index in [9.17, 15) is 14.4 Å². The zero-order valence-electron chi connectivity index (χ0n) is 42.7. The second-order valence-corrected chi connectivity index (χ2v) is 18.1. The maximum absolute atomic E-state index is 12.8. The van der Waals surface area contributed by atoms with Crippen LogP contribution in [0.5, 0.6) is 0 Å². The van der Waals surface area contributed by atoms with Crippen molar-refractivity contribution in [1.82, 2.24) is 0 Å². The highest BCUT2D eigenvalue weighted by Gasteiger charge is 2.19. The molecular formula is C59H102O6. The fraction of sp³-hybridized carbons (Fsp3) is 0.746. The Kier molecular flexibility index (Phi) is 50.9. The summed E-state index contributed by atoms with van der Waals surface area (Å²) in [5.74, 6) is -0.952. The Morgan fingerprint density at radius 3 is 1.02 bits per heavy atom. The van der Waals surface area contributed by atoms with Gasteiger partial charge in [0.15, 0.2) is 6.10 Å². The minimum Gasteiger partial charge on any atom is -0.462 e. The summed E-state index contributed by atoms with van der Waals surface area (Å²) in [6, 6.07) is 0. The van der Waals surface area contributed by atoms with Crippen LogP contribution in [-0.4, -0.2) is 37.2 Å². The van der Waals surface area contributed by atoms with Crippen LogP contribution in [0.15, 0.2) is 72.9 Å². The van der Waals surface area contributed by atoms with Crippen LogP contribution in [0.3, 0.4) is 0 Å².